The van der Waals surface area contributed by atoms with Gasteiger partial charge >= 0.3 is 5.97 Å². The molecule has 0 aliphatic rings. The smallest absolute Gasteiger partial charge is 0.325 e. The summed E-state index contributed by atoms with van der Waals surface area (Å²) in [5.74, 6) is -0.316. The fourth-order valence-electron chi connectivity index (χ4n) is 1.65. The van der Waals surface area contributed by atoms with E-state index in [1.54, 1.807) is 37.1 Å². The second-order valence-corrected chi connectivity index (χ2v) is 4.40. The Labute approximate surface area is 123 Å². The second kappa shape index (κ2) is 8.41. The number of carbonyl (C=O) groups is 1. The summed E-state index contributed by atoms with van der Waals surface area (Å²) in [6, 6.07) is 7.04. The number of anilines is 1. The Morgan fingerprint density at radius 1 is 1.50 bits per heavy atom. The van der Waals surface area contributed by atoms with E-state index in [-0.39, 0.29) is 12.5 Å². The SMILES string of the molecule is CCOC(=O)CN(CCOC)c1ccc(C#N)c(Cl)c1. The van der Waals surface area contributed by atoms with Crippen molar-refractivity contribution < 1.29 is 14.3 Å². The monoisotopic (exact) mass is 296 g/mol. The van der Waals surface area contributed by atoms with E-state index in [1.807, 2.05) is 6.07 Å². The van der Waals surface area contributed by atoms with Crippen LogP contribution in [0.1, 0.15) is 12.5 Å². The normalized spacial score (nSPS) is 9.90. The van der Waals surface area contributed by atoms with Gasteiger partial charge in [0.1, 0.15) is 12.6 Å². The molecule has 5 nitrogen and oxygen atoms in total. The average Bonchev–Trinajstić information content (AvgIpc) is 2.43. The number of ether oxygens (including phenoxy) is 2. The van der Waals surface area contributed by atoms with Crippen LogP contribution in [0.3, 0.4) is 0 Å². The Morgan fingerprint density at radius 2 is 2.25 bits per heavy atom. The molecule has 1 aromatic rings. The van der Waals surface area contributed by atoms with E-state index in [9.17, 15) is 4.79 Å². The van der Waals surface area contributed by atoms with Crippen molar-refractivity contribution in [3.05, 3.63) is 28.8 Å². The van der Waals surface area contributed by atoms with E-state index in [4.69, 9.17) is 26.3 Å². The van der Waals surface area contributed by atoms with Gasteiger partial charge < -0.3 is 14.4 Å². The van der Waals surface area contributed by atoms with E-state index >= 15 is 0 Å². The zero-order chi connectivity index (χ0) is 15.0. The topological polar surface area (TPSA) is 62.6 Å². The van der Waals surface area contributed by atoms with Crippen LogP contribution >= 0.6 is 11.6 Å². The summed E-state index contributed by atoms with van der Waals surface area (Å²) in [6.07, 6.45) is 0. The van der Waals surface area contributed by atoms with Crippen LogP contribution in [0.2, 0.25) is 5.02 Å². The van der Waals surface area contributed by atoms with E-state index in [0.717, 1.165) is 5.69 Å². The highest BCUT2D eigenvalue weighted by Gasteiger charge is 2.13. The molecule has 0 heterocycles. The lowest BCUT2D eigenvalue weighted by Gasteiger charge is -2.23. The molecule has 0 radical (unpaired) electrons. The zero-order valence-corrected chi connectivity index (χ0v) is 12.3. The first-order valence-corrected chi connectivity index (χ1v) is 6.59. The van der Waals surface area contributed by atoms with Crippen LogP contribution in [0.25, 0.3) is 0 Å². The lowest BCUT2D eigenvalue weighted by molar-refractivity contribution is -0.141. The van der Waals surface area contributed by atoms with Crippen LogP contribution in [-0.4, -0.2) is 39.4 Å². The van der Waals surface area contributed by atoms with Gasteiger partial charge in [-0.2, -0.15) is 5.26 Å². The van der Waals surface area contributed by atoms with Crippen molar-refractivity contribution in [1.82, 2.24) is 0 Å². The third-order valence-electron chi connectivity index (χ3n) is 2.63. The van der Waals surface area contributed by atoms with E-state index in [0.29, 0.717) is 30.3 Å². The molecule has 108 valence electrons. The van der Waals surface area contributed by atoms with E-state index in [2.05, 4.69) is 0 Å². The number of hydrogen-bond donors (Lipinski definition) is 0. The quantitative estimate of drug-likeness (QED) is 0.722. The maximum atomic E-state index is 11.6. The van der Waals surface area contributed by atoms with Gasteiger partial charge in [-0.1, -0.05) is 11.6 Å². The minimum atomic E-state index is -0.316. The Hall–Kier alpha value is -1.77. The predicted octanol–water partition coefficient (Wildman–Crippen LogP) is 2.23. The van der Waals surface area contributed by atoms with Gasteiger partial charge in [-0.05, 0) is 25.1 Å². The van der Waals surface area contributed by atoms with E-state index < -0.39 is 0 Å². The number of nitriles is 1. The lowest BCUT2D eigenvalue weighted by Crippen LogP contribution is -2.33. The number of benzene rings is 1. The number of hydrogen-bond acceptors (Lipinski definition) is 5. The molecule has 0 bridgehead atoms. The van der Waals surface area contributed by atoms with Gasteiger partial charge in [-0.3, -0.25) is 4.79 Å². The van der Waals surface area contributed by atoms with E-state index in [1.165, 1.54) is 0 Å². The molecule has 1 aromatic carbocycles. The molecule has 0 amide bonds. The van der Waals surface area contributed by atoms with Crippen molar-refractivity contribution in [2.24, 2.45) is 0 Å². The standard InChI is InChI=1S/C14H17ClN2O3/c1-3-20-14(18)10-17(6-7-19-2)12-5-4-11(9-16)13(15)8-12/h4-5,8H,3,6-7,10H2,1-2H3. The van der Waals surface area contributed by atoms with Crippen LogP contribution in [0, 0.1) is 11.3 Å². The van der Waals surface area contributed by atoms with Gasteiger partial charge in [0.15, 0.2) is 0 Å². The van der Waals surface area contributed by atoms with Crippen molar-refractivity contribution in [2.45, 2.75) is 6.92 Å². The van der Waals surface area contributed by atoms with Gasteiger partial charge in [0.25, 0.3) is 0 Å². The Kier molecular flexibility index (Phi) is 6.85. The molecule has 0 atom stereocenters. The maximum Gasteiger partial charge on any atom is 0.325 e. The van der Waals surface area contributed by atoms with Gasteiger partial charge in [0.05, 0.1) is 23.8 Å². The fraction of sp³-hybridized carbons (Fsp3) is 0.429. The summed E-state index contributed by atoms with van der Waals surface area (Å²) in [6.45, 7) is 3.20. The van der Waals surface area contributed by atoms with Gasteiger partial charge in [-0.25, -0.2) is 0 Å². The van der Waals surface area contributed by atoms with Crippen LogP contribution in [0.4, 0.5) is 5.69 Å². The summed E-state index contributed by atoms with van der Waals surface area (Å²) in [5.41, 5.74) is 1.15. The molecule has 0 aromatic heterocycles. The summed E-state index contributed by atoms with van der Waals surface area (Å²) >= 11 is 6.01. The van der Waals surface area contributed by atoms with Crippen molar-refractivity contribution in [3.8, 4) is 6.07 Å². The molecular formula is C14H17ClN2O3. The summed E-state index contributed by atoms with van der Waals surface area (Å²) in [5, 5.41) is 9.22. The number of rotatable bonds is 7. The zero-order valence-electron chi connectivity index (χ0n) is 11.6. The Bertz CT molecular complexity index is 500. The number of methoxy groups -OCH3 is 1. The molecule has 0 saturated carbocycles. The lowest BCUT2D eigenvalue weighted by atomic mass is 10.2. The number of esters is 1. The Morgan fingerprint density at radius 3 is 2.80 bits per heavy atom. The molecule has 0 unspecified atom stereocenters. The van der Waals surface area contributed by atoms with Crippen molar-refractivity contribution in [2.75, 3.05) is 38.3 Å². The summed E-state index contributed by atoms with van der Waals surface area (Å²) < 4.78 is 9.97. The molecule has 0 fully saturated rings. The Balaban J connectivity index is 2.89. The first-order chi connectivity index (χ1) is 9.62. The van der Waals surface area contributed by atoms with Crippen LogP contribution < -0.4 is 4.90 Å². The predicted molar refractivity (Wildman–Crippen MR) is 76.9 cm³/mol. The maximum absolute atomic E-state index is 11.6. The highest BCUT2D eigenvalue weighted by atomic mass is 35.5. The van der Waals surface area contributed by atoms with Gasteiger partial charge in [0.2, 0.25) is 0 Å². The second-order valence-electron chi connectivity index (χ2n) is 4.00. The summed E-state index contributed by atoms with van der Waals surface area (Å²) in [4.78, 5) is 13.4. The van der Waals surface area contributed by atoms with Crippen LogP contribution in [0.5, 0.6) is 0 Å². The van der Waals surface area contributed by atoms with Gasteiger partial charge in [-0.15, -0.1) is 0 Å². The largest absolute Gasteiger partial charge is 0.465 e. The molecule has 0 saturated heterocycles. The van der Waals surface area contributed by atoms with Crippen LogP contribution in [-0.2, 0) is 14.3 Å². The van der Waals surface area contributed by atoms with Crippen molar-refractivity contribution >= 4 is 23.3 Å². The minimum Gasteiger partial charge on any atom is -0.465 e. The third kappa shape index (κ3) is 4.72. The van der Waals surface area contributed by atoms with Crippen molar-refractivity contribution in [3.63, 3.8) is 0 Å². The third-order valence-corrected chi connectivity index (χ3v) is 2.94. The highest BCUT2D eigenvalue weighted by molar-refractivity contribution is 6.32. The molecule has 20 heavy (non-hydrogen) atoms. The number of nitrogens with zero attached hydrogens (tertiary/aromatic N) is 2. The van der Waals surface area contributed by atoms with Crippen LogP contribution in [0.15, 0.2) is 18.2 Å². The first-order valence-electron chi connectivity index (χ1n) is 6.21. The molecule has 1 rings (SSSR count). The molecule has 0 aliphatic carbocycles. The molecule has 0 aliphatic heterocycles. The average molecular weight is 297 g/mol. The molecule has 0 spiro atoms. The fourth-order valence-corrected chi connectivity index (χ4v) is 1.87. The summed E-state index contributed by atoms with van der Waals surface area (Å²) in [7, 11) is 1.59. The minimum absolute atomic E-state index is 0.111. The van der Waals surface area contributed by atoms with Crippen molar-refractivity contribution in [1.29, 1.82) is 5.26 Å². The highest BCUT2D eigenvalue weighted by Crippen LogP contribution is 2.23. The number of carbonyl (C=O) groups excluding carboxylic acids is 1. The van der Waals surface area contributed by atoms with Gasteiger partial charge in [0, 0.05) is 19.3 Å². The molecule has 0 N–H and O–H groups in total. The molecule has 6 heteroatoms. The molecular weight excluding hydrogens is 280 g/mol. The first kappa shape index (κ1) is 16.3. The number of halogens is 1.